The minimum Gasteiger partial charge on any atom is -0.619 e. The molecule has 0 spiro atoms. The molecule has 10 heteroatoms. The Kier molecular flexibility index (Phi) is 6.43. The Labute approximate surface area is 138 Å². The summed E-state index contributed by atoms with van der Waals surface area (Å²) in [6.45, 7) is 5.05. The van der Waals surface area contributed by atoms with E-state index in [0.29, 0.717) is 0 Å². The van der Waals surface area contributed by atoms with E-state index in [9.17, 15) is 30.3 Å². The van der Waals surface area contributed by atoms with Crippen LogP contribution in [0.3, 0.4) is 0 Å². The molecule has 0 aliphatic heterocycles. The third-order valence-corrected chi connectivity index (χ3v) is 2.93. The molecule has 1 aromatic rings. The maximum Gasteiger partial charge on any atom is 0.407 e. The van der Waals surface area contributed by atoms with Crippen LogP contribution in [0.15, 0.2) is 18.5 Å². The molecule has 134 valence electrons. The summed E-state index contributed by atoms with van der Waals surface area (Å²) < 4.78 is 5.29. The fraction of sp³-hybridized carbons (Fsp3) is 0.571. The third kappa shape index (κ3) is 5.97. The summed E-state index contributed by atoms with van der Waals surface area (Å²) in [5, 5.41) is 44.6. The number of carbonyl (C=O) groups excluding carboxylic acids is 1. The number of alkyl carbamates (subject to hydrolysis) is 1. The Bertz CT molecular complexity index is 601. The van der Waals surface area contributed by atoms with Gasteiger partial charge in [-0.3, -0.25) is 10.1 Å². The highest BCUT2D eigenvalue weighted by molar-refractivity contribution is 5.67. The van der Waals surface area contributed by atoms with Crippen LogP contribution in [0, 0.1) is 15.3 Å². The van der Waals surface area contributed by atoms with Gasteiger partial charge in [0.1, 0.15) is 17.3 Å². The van der Waals surface area contributed by atoms with Gasteiger partial charge in [0.15, 0.2) is 12.4 Å². The first-order valence-electron chi connectivity index (χ1n) is 7.21. The van der Waals surface area contributed by atoms with E-state index in [-0.39, 0.29) is 23.3 Å². The molecular formula is C14H21N3O7. The van der Waals surface area contributed by atoms with Crippen LogP contribution >= 0.6 is 0 Å². The van der Waals surface area contributed by atoms with Gasteiger partial charge in [0, 0.05) is 6.54 Å². The van der Waals surface area contributed by atoms with Crippen LogP contribution in [0.5, 0.6) is 0 Å². The first kappa shape index (κ1) is 19.6. The molecule has 1 heterocycles. The van der Waals surface area contributed by atoms with Gasteiger partial charge in [-0.2, -0.15) is 4.73 Å². The van der Waals surface area contributed by atoms with Crippen LogP contribution in [-0.2, 0) is 4.74 Å². The van der Waals surface area contributed by atoms with Crippen LogP contribution in [0.4, 0.5) is 10.5 Å². The lowest BCUT2D eigenvalue weighted by Gasteiger charge is -2.21. The number of aliphatic hydroxyl groups excluding tert-OH is 2. The Morgan fingerprint density at radius 2 is 2.08 bits per heavy atom. The summed E-state index contributed by atoms with van der Waals surface area (Å²) >= 11 is 0. The topological polar surface area (TPSA) is 149 Å². The average Bonchev–Trinajstić information content (AvgIpc) is 2.43. The second kappa shape index (κ2) is 7.88. The summed E-state index contributed by atoms with van der Waals surface area (Å²) in [5.41, 5.74) is -1.45. The molecule has 0 saturated carbocycles. The van der Waals surface area contributed by atoms with Gasteiger partial charge in [-0.15, -0.1) is 0 Å². The highest BCUT2D eigenvalue weighted by atomic mass is 16.6. The second-order valence-corrected chi connectivity index (χ2v) is 6.13. The summed E-state index contributed by atoms with van der Waals surface area (Å²) in [6, 6.07) is 0.942. The predicted octanol–water partition coefficient (Wildman–Crippen LogP) is 0.537. The van der Waals surface area contributed by atoms with Crippen molar-refractivity contribution in [2.24, 2.45) is 0 Å². The molecular weight excluding hydrogens is 322 g/mol. The largest absolute Gasteiger partial charge is 0.619 e. The molecule has 3 N–H and O–H groups in total. The summed E-state index contributed by atoms with van der Waals surface area (Å²) in [7, 11) is 0. The van der Waals surface area contributed by atoms with E-state index in [0.717, 1.165) is 18.5 Å². The van der Waals surface area contributed by atoms with Crippen molar-refractivity contribution in [2.45, 2.75) is 45.0 Å². The number of rotatable bonds is 6. The zero-order valence-corrected chi connectivity index (χ0v) is 13.6. The molecule has 1 amide bonds. The SMILES string of the molecule is CC(C)(C)OC(=O)NCCC(O)C(O)c1c[n+]([O-])ccc1[N+](=O)[O-]. The molecule has 0 aliphatic carbocycles. The quantitative estimate of drug-likeness (QED) is 0.295. The maximum absolute atomic E-state index is 11.5. The normalized spacial score (nSPS) is 13.9. The van der Waals surface area contributed by atoms with Gasteiger partial charge in [0.05, 0.1) is 17.1 Å². The number of nitrogens with zero attached hydrogens (tertiary/aromatic N) is 2. The van der Waals surface area contributed by atoms with E-state index in [4.69, 9.17) is 4.74 Å². The molecule has 1 aromatic heterocycles. The third-order valence-electron chi connectivity index (χ3n) is 2.93. The lowest BCUT2D eigenvalue weighted by atomic mass is 10.0. The first-order chi connectivity index (χ1) is 11.0. The number of nitrogens with one attached hydrogen (secondary N) is 1. The zero-order chi connectivity index (χ0) is 18.5. The lowest BCUT2D eigenvalue weighted by Crippen LogP contribution is -2.35. The van der Waals surface area contributed by atoms with E-state index >= 15 is 0 Å². The van der Waals surface area contributed by atoms with Gasteiger partial charge < -0.3 is 25.5 Å². The molecule has 2 unspecified atom stereocenters. The number of aromatic nitrogens is 1. The summed E-state index contributed by atoms with van der Waals surface area (Å²) in [6.07, 6.45) is -2.09. The van der Waals surface area contributed by atoms with Crippen molar-refractivity contribution in [1.82, 2.24) is 5.32 Å². The number of ether oxygens (including phenoxy) is 1. The van der Waals surface area contributed by atoms with E-state index in [2.05, 4.69) is 5.32 Å². The number of pyridine rings is 1. The van der Waals surface area contributed by atoms with Gasteiger partial charge in [-0.05, 0) is 27.2 Å². The molecule has 0 aromatic carbocycles. The fourth-order valence-electron chi connectivity index (χ4n) is 1.88. The van der Waals surface area contributed by atoms with Crippen molar-refractivity contribution < 1.29 is 29.4 Å². The van der Waals surface area contributed by atoms with E-state index in [1.54, 1.807) is 20.8 Å². The molecule has 0 radical (unpaired) electrons. The number of amides is 1. The number of carbonyl (C=O) groups is 1. The minimum atomic E-state index is -1.65. The van der Waals surface area contributed by atoms with Crippen molar-refractivity contribution >= 4 is 11.8 Å². The Morgan fingerprint density at radius 3 is 2.62 bits per heavy atom. The molecule has 0 aliphatic rings. The Balaban J connectivity index is 2.66. The highest BCUT2D eigenvalue weighted by Gasteiger charge is 2.29. The number of hydrogen-bond donors (Lipinski definition) is 3. The van der Waals surface area contributed by atoms with E-state index in [1.807, 2.05) is 0 Å². The number of aliphatic hydroxyl groups is 2. The van der Waals surface area contributed by atoms with Crippen molar-refractivity contribution in [2.75, 3.05) is 6.54 Å². The standard InChI is InChI=1S/C14H21N3O7/c1-14(2,3)24-13(20)15-6-4-11(18)12(19)9-8-16(21)7-5-10(9)17(22)23/h5,7-8,11-12,18-19H,4,6H2,1-3H3,(H,15,20). The molecule has 0 bridgehead atoms. The average molecular weight is 343 g/mol. The monoisotopic (exact) mass is 343 g/mol. The van der Waals surface area contributed by atoms with E-state index < -0.39 is 34.5 Å². The number of hydrogen-bond acceptors (Lipinski definition) is 7. The van der Waals surface area contributed by atoms with Crippen LogP contribution < -0.4 is 10.0 Å². The van der Waals surface area contributed by atoms with Crippen LogP contribution in [0.2, 0.25) is 0 Å². The van der Waals surface area contributed by atoms with Crippen LogP contribution in [0.1, 0.15) is 38.9 Å². The molecule has 1 rings (SSSR count). The molecule has 2 atom stereocenters. The first-order valence-corrected chi connectivity index (χ1v) is 7.21. The predicted molar refractivity (Wildman–Crippen MR) is 81.9 cm³/mol. The molecule has 10 nitrogen and oxygen atoms in total. The van der Waals surface area contributed by atoms with Crippen molar-refractivity contribution in [3.8, 4) is 0 Å². The lowest BCUT2D eigenvalue weighted by molar-refractivity contribution is -0.606. The maximum atomic E-state index is 11.5. The molecule has 0 saturated heterocycles. The van der Waals surface area contributed by atoms with Crippen molar-refractivity contribution in [3.63, 3.8) is 0 Å². The fourth-order valence-corrected chi connectivity index (χ4v) is 1.88. The van der Waals surface area contributed by atoms with Crippen molar-refractivity contribution in [1.29, 1.82) is 0 Å². The second-order valence-electron chi connectivity index (χ2n) is 6.13. The summed E-state index contributed by atoms with van der Waals surface area (Å²) in [5.74, 6) is 0. The van der Waals surface area contributed by atoms with Crippen LogP contribution in [-0.4, -0.2) is 39.5 Å². The van der Waals surface area contributed by atoms with Crippen LogP contribution in [0.25, 0.3) is 0 Å². The molecule has 24 heavy (non-hydrogen) atoms. The Morgan fingerprint density at radius 1 is 1.46 bits per heavy atom. The van der Waals surface area contributed by atoms with Gasteiger partial charge in [-0.1, -0.05) is 0 Å². The number of nitro groups is 1. The Hall–Kier alpha value is -2.46. The van der Waals surface area contributed by atoms with Gasteiger partial charge in [0.25, 0.3) is 5.69 Å². The van der Waals surface area contributed by atoms with Crippen molar-refractivity contribution in [3.05, 3.63) is 39.3 Å². The minimum absolute atomic E-state index is 0.0227. The zero-order valence-electron chi connectivity index (χ0n) is 13.6. The van der Waals surface area contributed by atoms with Gasteiger partial charge in [-0.25, -0.2) is 4.79 Å². The van der Waals surface area contributed by atoms with Gasteiger partial charge >= 0.3 is 6.09 Å². The van der Waals surface area contributed by atoms with Gasteiger partial charge in [0.2, 0.25) is 0 Å². The smallest absolute Gasteiger partial charge is 0.407 e. The highest BCUT2D eigenvalue weighted by Crippen LogP contribution is 2.26. The molecule has 0 fully saturated rings. The summed E-state index contributed by atoms with van der Waals surface area (Å²) in [4.78, 5) is 21.6. The van der Waals surface area contributed by atoms with E-state index in [1.165, 1.54) is 0 Å².